The Labute approximate surface area is 139 Å². The van der Waals surface area contributed by atoms with Crippen LogP contribution in [-0.2, 0) is 4.74 Å². The monoisotopic (exact) mass is 327 g/mol. The molecule has 0 fully saturated rings. The first kappa shape index (κ1) is 15.9. The van der Waals surface area contributed by atoms with Gasteiger partial charge in [-0.3, -0.25) is 14.9 Å². The molecule has 24 heavy (non-hydrogen) atoms. The van der Waals surface area contributed by atoms with Gasteiger partial charge in [0.05, 0.1) is 17.1 Å². The summed E-state index contributed by atoms with van der Waals surface area (Å²) in [6.45, 7) is 0.817. The molecule has 1 amide bonds. The maximum atomic E-state index is 12.8. The molecule has 7 nitrogen and oxygen atoms in total. The van der Waals surface area contributed by atoms with Gasteiger partial charge in [0.1, 0.15) is 6.17 Å². The number of hydrogen-bond donors (Lipinski definition) is 1. The van der Waals surface area contributed by atoms with E-state index in [4.69, 9.17) is 4.74 Å². The van der Waals surface area contributed by atoms with Crippen molar-refractivity contribution in [1.29, 1.82) is 0 Å². The molecule has 0 saturated carbocycles. The average molecular weight is 327 g/mol. The van der Waals surface area contributed by atoms with E-state index in [1.165, 1.54) is 12.1 Å². The Bertz CT molecular complexity index is 761. The minimum atomic E-state index is -0.443. The fourth-order valence-corrected chi connectivity index (χ4v) is 2.75. The normalized spacial score (nSPS) is 16.5. The van der Waals surface area contributed by atoms with Crippen LogP contribution >= 0.6 is 0 Å². The lowest BCUT2D eigenvalue weighted by Crippen LogP contribution is -2.44. The van der Waals surface area contributed by atoms with Gasteiger partial charge in [-0.15, -0.1) is 0 Å². The third-order valence-electron chi connectivity index (χ3n) is 3.98. The Kier molecular flexibility index (Phi) is 4.43. The molecule has 0 saturated heterocycles. The third kappa shape index (κ3) is 2.93. The molecule has 2 aromatic carbocycles. The number of non-ortho nitro benzene ring substituents is 1. The van der Waals surface area contributed by atoms with E-state index in [-0.39, 0.29) is 11.6 Å². The summed E-state index contributed by atoms with van der Waals surface area (Å²) in [6.07, 6.45) is -0.400. The number of fused-ring (bicyclic) bond motifs is 1. The number of carbonyl (C=O) groups excluding carboxylic acids is 1. The summed E-state index contributed by atoms with van der Waals surface area (Å²) < 4.78 is 5.10. The van der Waals surface area contributed by atoms with Crippen LogP contribution in [0.25, 0.3) is 0 Å². The Hall–Kier alpha value is -2.93. The summed E-state index contributed by atoms with van der Waals surface area (Å²) in [4.78, 5) is 24.9. The molecule has 0 radical (unpaired) electrons. The summed E-state index contributed by atoms with van der Waals surface area (Å²) in [7, 11) is 1.58. The van der Waals surface area contributed by atoms with Crippen molar-refractivity contribution in [2.75, 3.05) is 25.6 Å². The molecule has 1 unspecified atom stereocenters. The van der Waals surface area contributed by atoms with Gasteiger partial charge in [0.25, 0.3) is 11.6 Å². The van der Waals surface area contributed by atoms with E-state index >= 15 is 0 Å². The molecule has 1 aliphatic rings. The number of ether oxygens (including phenoxy) is 1. The van der Waals surface area contributed by atoms with Gasteiger partial charge >= 0.3 is 0 Å². The van der Waals surface area contributed by atoms with Gasteiger partial charge in [0, 0.05) is 31.5 Å². The fraction of sp³-hybridized carbons (Fsp3) is 0.235. The van der Waals surface area contributed by atoms with E-state index in [2.05, 4.69) is 5.32 Å². The van der Waals surface area contributed by atoms with E-state index in [1.54, 1.807) is 30.2 Å². The summed E-state index contributed by atoms with van der Waals surface area (Å²) >= 11 is 0. The van der Waals surface area contributed by atoms with Crippen LogP contribution in [0.2, 0.25) is 0 Å². The van der Waals surface area contributed by atoms with Crippen molar-refractivity contribution in [3.8, 4) is 0 Å². The molecule has 124 valence electrons. The average Bonchev–Trinajstić information content (AvgIpc) is 2.61. The van der Waals surface area contributed by atoms with Crippen LogP contribution in [0, 0.1) is 10.1 Å². The summed E-state index contributed by atoms with van der Waals surface area (Å²) in [5.74, 6) is -0.0928. The molecule has 7 heteroatoms. The van der Waals surface area contributed by atoms with Crippen molar-refractivity contribution in [1.82, 2.24) is 4.90 Å². The molecule has 0 aliphatic carbocycles. The summed E-state index contributed by atoms with van der Waals surface area (Å²) in [5.41, 5.74) is 2.15. The first-order valence-electron chi connectivity index (χ1n) is 7.51. The molecule has 0 bridgehead atoms. The van der Waals surface area contributed by atoms with Gasteiger partial charge < -0.3 is 15.0 Å². The first-order chi connectivity index (χ1) is 11.6. The van der Waals surface area contributed by atoms with Gasteiger partial charge in [-0.05, 0) is 29.8 Å². The Balaban J connectivity index is 1.97. The number of rotatable bonds is 5. The number of para-hydroxylation sites is 1. The van der Waals surface area contributed by atoms with Crippen LogP contribution in [0.3, 0.4) is 0 Å². The van der Waals surface area contributed by atoms with Gasteiger partial charge in [-0.1, -0.05) is 12.1 Å². The van der Waals surface area contributed by atoms with E-state index in [9.17, 15) is 14.9 Å². The number of nitrogens with one attached hydrogen (secondary N) is 1. The number of anilines is 1. The Morgan fingerprint density at radius 2 is 1.92 bits per heavy atom. The largest absolute Gasteiger partial charge is 0.383 e. The van der Waals surface area contributed by atoms with Gasteiger partial charge in [0.15, 0.2) is 0 Å². The van der Waals surface area contributed by atoms with Crippen LogP contribution in [0.4, 0.5) is 11.4 Å². The molecule has 1 aliphatic heterocycles. The van der Waals surface area contributed by atoms with Crippen molar-refractivity contribution >= 4 is 17.3 Å². The van der Waals surface area contributed by atoms with E-state index in [0.29, 0.717) is 18.7 Å². The molecule has 2 aromatic rings. The lowest BCUT2D eigenvalue weighted by molar-refractivity contribution is -0.384. The van der Waals surface area contributed by atoms with Gasteiger partial charge in [0.2, 0.25) is 0 Å². The van der Waals surface area contributed by atoms with Crippen molar-refractivity contribution < 1.29 is 14.5 Å². The van der Waals surface area contributed by atoms with Crippen LogP contribution in [0.1, 0.15) is 22.1 Å². The second-order valence-electron chi connectivity index (χ2n) is 5.43. The molecule has 0 spiro atoms. The van der Waals surface area contributed by atoms with Crippen molar-refractivity contribution in [2.45, 2.75) is 6.17 Å². The number of methoxy groups -OCH3 is 1. The maximum Gasteiger partial charge on any atom is 0.269 e. The highest BCUT2D eigenvalue weighted by molar-refractivity contribution is 6.01. The topological polar surface area (TPSA) is 84.7 Å². The van der Waals surface area contributed by atoms with E-state index in [1.807, 2.05) is 18.2 Å². The zero-order chi connectivity index (χ0) is 17.1. The minimum absolute atomic E-state index is 0.0183. The Morgan fingerprint density at radius 3 is 2.58 bits per heavy atom. The zero-order valence-corrected chi connectivity index (χ0v) is 13.1. The SMILES string of the molecule is COCCN1C(=O)c2ccccc2NC1c1ccc([N+](=O)[O-])cc1. The van der Waals surface area contributed by atoms with Crippen LogP contribution in [-0.4, -0.2) is 36.0 Å². The Morgan fingerprint density at radius 1 is 1.21 bits per heavy atom. The van der Waals surface area contributed by atoms with E-state index < -0.39 is 11.1 Å². The third-order valence-corrected chi connectivity index (χ3v) is 3.98. The number of nitro groups is 1. The second kappa shape index (κ2) is 6.67. The predicted molar refractivity (Wildman–Crippen MR) is 88.8 cm³/mol. The van der Waals surface area contributed by atoms with E-state index in [0.717, 1.165) is 11.3 Å². The predicted octanol–water partition coefficient (Wildman–Crippen LogP) is 2.81. The quantitative estimate of drug-likeness (QED) is 0.674. The highest BCUT2D eigenvalue weighted by Crippen LogP contribution is 2.33. The number of carbonyl (C=O) groups is 1. The number of nitrogens with zero attached hydrogens (tertiary/aromatic N) is 2. The number of hydrogen-bond acceptors (Lipinski definition) is 5. The molecule has 1 heterocycles. The summed E-state index contributed by atoms with van der Waals surface area (Å²) in [6, 6.07) is 13.5. The fourth-order valence-electron chi connectivity index (χ4n) is 2.75. The van der Waals surface area contributed by atoms with Gasteiger partial charge in [-0.2, -0.15) is 0 Å². The zero-order valence-electron chi connectivity index (χ0n) is 13.1. The number of nitro benzene ring substituents is 1. The molecule has 1 N–H and O–H groups in total. The molecular weight excluding hydrogens is 310 g/mol. The lowest BCUT2D eigenvalue weighted by Gasteiger charge is -2.38. The van der Waals surface area contributed by atoms with Crippen LogP contribution in [0.5, 0.6) is 0 Å². The van der Waals surface area contributed by atoms with Crippen molar-refractivity contribution in [2.24, 2.45) is 0 Å². The smallest absolute Gasteiger partial charge is 0.269 e. The number of amides is 1. The highest BCUT2D eigenvalue weighted by atomic mass is 16.6. The molecule has 1 atom stereocenters. The maximum absolute atomic E-state index is 12.8. The molecular formula is C17H17N3O4. The van der Waals surface area contributed by atoms with Gasteiger partial charge in [-0.25, -0.2) is 0 Å². The standard InChI is InChI=1S/C17H17N3O4/c1-24-11-10-19-16(12-6-8-13(9-7-12)20(22)23)18-15-5-3-2-4-14(15)17(19)21/h2-9,16,18H,10-11H2,1H3. The molecule has 3 rings (SSSR count). The van der Waals surface area contributed by atoms with Crippen molar-refractivity contribution in [3.05, 3.63) is 69.8 Å². The second-order valence-corrected chi connectivity index (χ2v) is 5.43. The molecule has 0 aromatic heterocycles. The minimum Gasteiger partial charge on any atom is -0.383 e. The highest BCUT2D eigenvalue weighted by Gasteiger charge is 2.32. The first-order valence-corrected chi connectivity index (χ1v) is 7.51. The number of benzene rings is 2. The lowest BCUT2D eigenvalue weighted by atomic mass is 10.0. The van der Waals surface area contributed by atoms with Crippen LogP contribution < -0.4 is 5.32 Å². The van der Waals surface area contributed by atoms with Crippen molar-refractivity contribution in [3.63, 3.8) is 0 Å². The van der Waals surface area contributed by atoms with Crippen LogP contribution in [0.15, 0.2) is 48.5 Å². The summed E-state index contributed by atoms with van der Waals surface area (Å²) in [5, 5.41) is 14.1.